The van der Waals surface area contributed by atoms with E-state index in [1.54, 1.807) is 0 Å². The minimum atomic E-state index is -0.261. The third-order valence-electron chi connectivity index (χ3n) is 4.87. The predicted molar refractivity (Wildman–Crippen MR) is 104 cm³/mol. The first-order valence-corrected chi connectivity index (χ1v) is 10.0. The summed E-state index contributed by atoms with van der Waals surface area (Å²) < 4.78 is 11.1. The lowest BCUT2D eigenvalue weighted by Crippen LogP contribution is -2.44. The van der Waals surface area contributed by atoms with Gasteiger partial charge >= 0.3 is 0 Å². The second kappa shape index (κ2) is 9.30. The highest BCUT2D eigenvalue weighted by molar-refractivity contribution is 7.09. The van der Waals surface area contributed by atoms with Crippen molar-refractivity contribution in [3.05, 3.63) is 45.9 Å². The molecule has 3 rings (SSSR count). The number of nitrogens with zero attached hydrogens (tertiary/aromatic N) is 1. The van der Waals surface area contributed by atoms with Gasteiger partial charge in [-0.05, 0) is 31.9 Å². The average molecular weight is 391 g/mol. The van der Waals surface area contributed by atoms with E-state index in [4.69, 9.17) is 9.47 Å². The molecule has 0 atom stereocenters. The summed E-state index contributed by atoms with van der Waals surface area (Å²) in [6, 6.07) is 7.88. The Morgan fingerprint density at radius 1 is 1.33 bits per heavy atom. The summed E-state index contributed by atoms with van der Waals surface area (Å²) in [6.07, 6.45) is 1.76. The van der Waals surface area contributed by atoms with E-state index < -0.39 is 0 Å². The van der Waals surface area contributed by atoms with Gasteiger partial charge in [0.1, 0.15) is 17.4 Å². The molecule has 6 nitrogen and oxygen atoms in total. The number of rotatable bonds is 8. The summed E-state index contributed by atoms with van der Waals surface area (Å²) in [4.78, 5) is 16.7. The van der Waals surface area contributed by atoms with E-state index >= 15 is 0 Å². The molecule has 0 saturated carbocycles. The lowest BCUT2D eigenvalue weighted by Gasteiger charge is -2.35. The van der Waals surface area contributed by atoms with Crippen LogP contribution in [-0.4, -0.2) is 42.4 Å². The fourth-order valence-corrected chi connectivity index (χ4v) is 3.69. The van der Waals surface area contributed by atoms with Crippen molar-refractivity contribution in [2.45, 2.75) is 32.8 Å². The number of amides is 1. The molecule has 1 fully saturated rings. The second-order valence-electron chi connectivity index (χ2n) is 7.06. The van der Waals surface area contributed by atoms with Crippen molar-refractivity contribution in [2.24, 2.45) is 5.41 Å². The Morgan fingerprint density at radius 2 is 2.07 bits per heavy atom. The van der Waals surface area contributed by atoms with E-state index in [1.807, 2.05) is 36.6 Å². The number of aliphatic hydroxyl groups is 1. The van der Waals surface area contributed by atoms with Crippen molar-refractivity contribution in [2.75, 3.05) is 26.4 Å². The average Bonchev–Trinajstić information content (AvgIpc) is 3.14. The van der Waals surface area contributed by atoms with Crippen LogP contribution in [-0.2, 0) is 22.6 Å². The summed E-state index contributed by atoms with van der Waals surface area (Å²) in [7, 11) is 0. The van der Waals surface area contributed by atoms with Crippen LogP contribution in [0.25, 0.3) is 0 Å². The first kappa shape index (κ1) is 19.8. The van der Waals surface area contributed by atoms with Crippen LogP contribution in [0.3, 0.4) is 0 Å². The molecule has 1 saturated heterocycles. The molecule has 0 unspecified atom stereocenters. The molecular formula is C20H26N2O4S. The smallest absolute Gasteiger partial charge is 0.226 e. The van der Waals surface area contributed by atoms with Gasteiger partial charge in [-0.25, -0.2) is 4.98 Å². The zero-order chi connectivity index (χ0) is 19.1. The number of carbonyl (C=O) groups excluding carboxylic acids is 1. The highest BCUT2D eigenvalue weighted by atomic mass is 32.1. The van der Waals surface area contributed by atoms with Crippen molar-refractivity contribution in [1.29, 1.82) is 0 Å². The molecule has 1 aliphatic rings. The summed E-state index contributed by atoms with van der Waals surface area (Å²) in [5.41, 5.74) is 1.67. The molecule has 0 bridgehead atoms. The molecule has 27 heavy (non-hydrogen) atoms. The van der Waals surface area contributed by atoms with Gasteiger partial charge in [0, 0.05) is 30.6 Å². The molecular weight excluding hydrogens is 364 g/mol. The topological polar surface area (TPSA) is 80.7 Å². The van der Waals surface area contributed by atoms with Gasteiger partial charge < -0.3 is 19.9 Å². The third-order valence-corrected chi connectivity index (χ3v) is 5.74. The van der Waals surface area contributed by atoms with Crippen LogP contribution in [0.5, 0.6) is 5.75 Å². The number of hydrogen-bond acceptors (Lipinski definition) is 6. The van der Waals surface area contributed by atoms with Crippen LogP contribution >= 0.6 is 11.3 Å². The maximum atomic E-state index is 12.2. The van der Waals surface area contributed by atoms with E-state index in [2.05, 4.69) is 10.3 Å². The first-order chi connectivity index (χ1) is 13.1. The fourth-order valence-electron chi connectivity index (χ4n) is 2.98. The van der Waals surface area contributed by atoms with Gasteiger partial charge in [-0.15, -0.1) is 11.3 Å². The summed E-state index contributed by atoms with van der Waals surface area (Å²) in [5.74, 6) is 0.728. The third kappa shape index (κ3) is 5.76. The lowest BCUT2D eigenvalue weighted by atomic mass is 9.81. The summed E-state index contributed by atoms with van der Waals surface area (Å²) >= 11 is 1.49. The number of nitrogens with one attached hydrogen (secondary N) is 1. The highest BCUT2D eigenvalue weighted by Crippen LogP contribution is 2.29. The largest absolute Gasteiger partial charge is 0.486 e. The summed E-state index contributed by atoms with van der Waals surface area (Å²) in [5, 5.41) is 15.4. The van der Waals surface area contributed by atoms with Gasteiger partial charge in [-0.2, -0.15) is 0 Å². The zero-order valence-electron chi connectivity index (χ0n) is 15.6. The molecule has 0 radical (unpaired) electrons. The number of hydrogen-bond donors (Lipinski definition) is 2. The maximum absolute atomic E-state index is 12.2. The van der Waals surface area contributed by atoms with Crippen LogP contribution in [0.4, 0.5) is 0 Å². The fraction of sp³-hybridized carbons (Fsp3) is 0.500. The Hall–Kier alpha value is -1.96. The van der Waals surface area contributed by atoms with Gasteiger partial charge in [-0.3, -0.25) is 4.79 Å². The highest BCUT2D eigenvalue weighted by Gasteiger charge is 2.32. The van der Waals surface area contributed by atoms with Crippen molar-refractivity contribution >= 4 is 17.2 Å². The number of aryl methyl sites for hydroxylation is 1. The van der Waals surface area contributed by atoms with E-state index in [0.29, 0.717) is 26.4 Å². The summed E-state index contributed by atoms with van der Waals surface area (Å²) in [6.45, 7) is 4.22. The Bertz CT molecular complexity index is 739. The standard InChI is InChI=1S/C20H26N2O4S/c1-15-2-4-17(5-3-15)26-11-19-22-16(12-27-19)10-18(24)21-13-20(14-23)6-8-25-9-7-20/h2-5,12,23H,6-11,13-14H2,1H3,(H,21,24). The molecule has 7 heteroatoms. The van der Waals surface area contributed by atoms with Crippen LogP contribution in [0, 0.1) is 12.3 Å². The SMILES string of the molecule is Cc1ccc(OCc2nc(CC(=O)NCC3(CO)CCOCC3)cs2)cc1. The van der Waals surface area contributed by atoms with Crippen molar-refractivity contribution in [1.82, 2.24) is 10.3 Å². The number of aromatic nitrogens is 1. The monoisotopic (exact) mass is 390 g/mol. The van der Waals surface area contributed by atoms with Crippen LogP contribution in [0.1, 0.15) is 29.1 Å². The number of thiazole rings is 1. The second-order valence-corrected chi connectivity index (χ2v) is 8.00. The zero-order valence-corrected chi connectivity index (χ0v) is 16.4. The van der Waals surface area contributed by atoms with Crippen LogP contribution in [0.15, 0.2) is 29.6 Å². The molecule has 2 aromatic rings. The normalized spacial score (nSPS) is 16.1. The molecule has 2 N–H and O–H groups in total. The molecule has 1 aromatic carbocycles. The quantitative estimate of drug-likeness (QED) is 0.724. The molecule has 2 heterocycles. The Morgan fingerprint density at radius 3 is 2.78 bits per heavy atom. The van der Waals surface area contributed by atoms with Crippen LogP contribution < -0.4 is 10.1 Å². The number of aliphatic hydroxyl groups excluding tert-OH is 1. The maximum Gasteiger partial charge on any atom is 0.226 e. The molecule has 0 spiro atoms. The molecule has 1 amide bonds. The minimum Gasteiger partial charge on any atom is -0.486 e. The number of benzene rings is 1. The van der Waals surface area contributed by atoms with Gasteiger partial charge in [0.25, 0.3) is 0 Å². The predicted octanol–water partition coefficient (Wildman–Crippen LogP) is 2.48. The van der Waals surface area contributed by atoms with Crippen molar-refractivity contribution < 1.29 is 19.4 Å². The molecule has 146 valence electrons. The van der Waals surface area contributed by atoms with E-state index in [1.165, 1.54) is 16.9 Å². The van der Waals surface area contributed by atoms with E-state index in [-0.39, 0.29) is 24.3 Å². The minimum absolute atomic E-state index is 0.0633. The number of ether oxygens (including phenoxy) is 2. The Labute approximate surface area is 163 Å². The Balaban J connectivity index is 1.45. The van der Waals surface area contributed by atoms with Crippen LogP contribution in [0.2, 0.25) is 0 Å². The van der Waals surface area contributed by atoms with Gasteiger partial charge in [0.2, 0.25) is 5.91 Å². The van der Waals surface area contributed by atoms with Gasteiger partial charge in [0.05, 0.1) is 18.7 Å². The van der Waals surface area contributed by atoms with Gasteiger partial charge in [-0.1, -0.05) is 17.7 Å². The molecule has 0 aliphatic carbocycles. The van der Waals surface area contributed by atoms with E-state index in [0.717, 1.165) is 29.3 Å². The molecule has 1 aromatic heterocycles. The Kier molecular flexibility index (Phi) is 6.82. The van der Waals surface area contributed by atoms with Gasteiger partial charge in [0.15, 0.2) is 0 Å². The lowest BCUT2D eigenvalue weighted by molar-refractivity contribution is -0.121. The van der Waals surface area contributed by atoms with Crippen molar-refractivity contribution in [3.63, 3.8) is 0 Å². The number of carbonyl (C=O) groups is 1. The molecule has 1 aliphatic heterocycles. The van der Waals surface area contributed by atoms with Crippen molar-refractivity contribution in [3.8, 4) is 5.75 Å². The first-order valence-electron chi connectivity index (χ1n) is 9.17. The van der Waals surface area contributed by atoms with E-state index in [9.17, 15) is 9.90 Å².